The predicted molar refractivity (Wildman–Crippen MR) is 139 cm³/mol. The van der Waals surface area contributed by atoms with E-state index in [9.17, 15) is 24.3 Å². The van der Waals surface area contributed by atoms with Crippen LogP contribution in [-0.2, 0) is 16.1 Å². The quantitative estimate of drug-likeness (QED) is 0.240. The number of piperidine rings is 1. The largest absolute Gasteiger partial charge is 0.465 e. The molecule has 0 bridgehead atoms. The van der Waals surface area contributed by atoms with Crippen LogP contribution in [0.15, 0.2) is 18.2 Å². The molecule has 1 aromatic carbocycles. The number of hydrogen-bond donors (Lipinski definition) is 2. The van der Waals surface area contributed by atoms with E-state index in [-0.39, 0.29) is 31.2 Å². The van der Waals surface area contributed by atoms with Crippen molar-refractivity contribution in [3.8, 4) is 0 Å². The summed E-state index contributed by atoms with van der Waals surface area (Å²) in [6.45, 7) is 2.77. The van der Waals surface area contributed by atoms with Gasteiger partial charge < -0.3 is 10.0 Å². The Hall–Kier alpha value is -2.90. The van der Waals surface area contributed by atoms with E-state index >= 15 is 0 Å². The number of nitrogens with one attached hydrogen (secondary N) is 1. The third kappa shape index (κ3) is 7.31. The van der Waals surface area contributed by atoms with Gasteiger partial charge in [-0.15, -0.1) is 0 Å². The maximum absolute atomic E-state index is 13.0. The van der Waals surface area contributed by atoms with Crippen molar-refractivity contribution in [2.75, 3.05) is 11.4 Å². The average Bonchev–Trinajstić information content (AvgIpc) is 3.18. The maximum Gasteiger partial charge on any atom is 0.411 e. The molecule has 2 heterocycles. The third-order valence-corrected chi connectivity index (χ3v) is 7.31. The lowest BCUT2D eigenvalue weighted by Gasteiger charge is -2.29. The Labute approximate surface area is 214 Å². The molecule has 8 nitrogen and oxygen atoms in total. The van der Waals surface area contributed by atoms with Crippen molar-refractivity contribution in [1.82, 2.24) is 10.2 Å². The molecule has 1 saturated heterocycles. The van der Waals surface area contributed by atoms with Crippen LogP contribution in [-0.4, -0.2) is 46.4 Å². The second-order valence-corrected chi connectivity index (χ2v) is 10.0. The second-order valence-electron chi connectivity index (χ2n) is 10.0. The van der Waals surface area contributed by atoms with E-state index in [2.05, 4.69) is 12.2 Å². The first-order chi connectivity index (χ1) is 17.4. The smallest absolute Gasteiger partial charge is 0.411 e. The fourth-order valence-electron chi connectivity index (χ4n) is 5.25. The number of amides is 4. The number of benzene rings is 1. The van der Waals surface area contributed by atoms with Gasteiger partial charge in [0.25, 0.3) is 5.91 Å². The van der Waals surface area contributed by atoms with Gasteiger partial charge in [0.05, 0.1) is 5.69 Å². The van der Waals surface area contributed by atoms with E-state index in [1.807, 2.05) is 0 Å². The van der Waals surface area contributed by atoms with Crippen LogP contribution in [0.2, 0.25) is 0 Å². The number of carbonyl (C=O) groups is 4. The molecule has 0 spiro atoms. The molecular formula is C28H41N3O5. The van der Waals surface area contributed by atoms with Gasteiger partial charge in [0, 0.05) is 30.6 Å². The van der Waals surface area contributed by atoms with Crippen molar-refractivity contribution in [3.05, 3.63) is 29.3 Å². The standard InChI is InChI=1S/C28H41N3O5/c1-2-3-4-5-6-7-8-9-10-11-12-13-19-30(28(35)36)23-16-14-15-21-22(23)20-31(27(21)34)24-17-18-25(32)29-26(24)33/h14-16,24H,2-13,17-20H2,1H3,(H,35,36)(H,29,32,33). The average molecular weight is 500 g/mol. The number of rotatable bonds is 15. The maximum atomic E-state index is 13.0. The molecule has 4 amide bonds. The number of carbonyl (C=O) groups excluding carboxylic acids is 3. The molecule has 2 N–H and O–H groups in total. The number of nitrogens with zero attached hydrogens (tertiary/aromatic N) is 2. The predicted octanol–water partition coefficient (Wildman–Crippen LogP) is 5.63. The monoisotopic (exact) mass is 499 g/mol. The molecule has 8 heteroatoms. The number of unbranched alkanes of at least 4 members (excludes halogenated alkanes) is 11. The summed E-state index contributed by atoms with van der Waals surface area (Å²) in [6.07, 6.45) is 13.9. The third-order valence-electron chi connectivity index (χ3n) is 7.31. The van der Waals surface area contributed by atoms with Crippen molar-refractivity contribution in [3.63, 3.8) is 0 Å². The first-order valence-electron chi connectivity index (χ1n) is 13.7. The molecule has 2 aliphatic rings. The van der Waals surface area contributed by atoms with Gasteiger partial charge in [-0.05, 0) is 25.0 Å². The van der Waals surface area contributed by atoms with Crippen molar-refractivity contribution in [1.29, 1.82) is 0 Å². The highest BCUT2D eigenvalue weighted by atomic mass is 16.4. The Morgan fingerprint density at radius 2 is 1.58 bits per heavy atom. The number of hydrogen-bond acceptors (Lipinski definition) is 4. The highest BCUT2D eigenvalue weighted by molar-refractivity contribution is 6.06. The Morgan fingerprint density at radius 1 is 0.972 bits per heavy atom. The molecule has 36 heavy (non-hydrogen) atoms. The van der Waals surface area contributed by atoms with Gasteiger partial charge >= 0.3 is 6.09 Å². The summed E-state index contributed by atoms with van der Waals surface area (Å²) in [7, 11) is 0. The summed E-state index contributed by atoms with van der Waals surface area (Å²) in [5.74, 6) is -1.10. The minimum atomic E-state index is -1.04. The van der Waals surface area contributed by atoms with Crippen LogP contribution in [0.4, 0.5) is 10.5 Å². The lowest BCUT2D eigenvalue weighted by molar-refractivity contribution is -0.136. The van der Waals surface area contributed by atoms with Crippen LogP contribution >= 0.6 is 0 Å². The Morgan fingerprint density at radius 3 is 2.17 bits per heavy atom. The highest BCUT2D eigenvalue weighted by Crippen LogP contribution is 2.34. The SMILES string of the molecule is CCCCCCCCCCCCCCN(C(=O)O)c1cccc2c1CN(C1CCC(=O)NC1=O)C2=O. The lowest BCUT2D eigenvalue weighted by atomic mass is 10.0. The molecule has 0 radical (unpaired) electrons. The summed E-state index contributed by atoms with van der Waals surface area (Å²) >= 11 is 0. The minimum absolute atomic E-state index is 0.166. The van der Waals surface area contributed by atoms with Crippen LogP contribution < -0.4 is 10.2 Å². The zero-order chi connectivity index (χ0) is 25.9. The molecule has 1 fully saturated rings. The topological polar surface area (TPSA) is 107 Å². The van der Waals surface area contributed by atoms with Gasteiger partial charge in [0.15, 0.2) is 0 Å². The zero-order valence-electron chi connectivity index (χ0n) is 21.6. The lowest BCUT2D eigenvalue weighted by Crippen LogP contribution is -2.52. The summed E-state index contributed by atoms with van der Waals surface area (Å²) in [5, 5.41) is 12.2. The Balaban J connectivity index is 1.48. The fraction of sp³-hybridized carbons (Fsp3) is 0.643. The van der Waals surface area contributed by atoms with Crippen LogP contribution in [0.1, 0.15) is 113 Å². The molecule has 1 atom stereocenters. The second kappa shape index (κ2) is 14.0. The van der Waals surface area contributed by atoms with E-state index in [0.29, 0.717) is 23.4 Å². The van der Waals surface area contributed by atoms with Gasteiger partial charge in [-0.2, -0.15) is 0 Å². The molecule has 1 aromatic rings. The van der Waals surface area contributed by atoms with Crippen LogP contribution in [0.5, 0.6) is 0 Å². The van der Waals surface area contributed by atoms with Crippen molar-refractivity contribution >= 4 is 29.5 Å². The van der Waals surface area contributed by atoms with E-state index in [4.69, 9.17) is 0 Å². The van der Waals surface area contributed by atoms with Crippen LogP contribution in [0.3, 0.4) is 0 Å². The van der Waals surface area contributed by atoms with Crippen LogP contribution in [0.25, 0.3) is 0 Å². The normalized spacial score (nSPS) is 17.3. The van der Waals surface area contributed by atoms with Gasteiger partial charge in [-0.1, -0.05) is 83.6 Å². The van der Waals surface area contributed by atoms with Gasteiger partial charge in [0.1, 0.15) is 6.04 Å². The molecule has 198 valence electrons. The summed E-state index contributed by atoms with van der Waals surface area (Å²) in [5.41, 5.74) is 1.57. The molecule has 2 aliphatic heterocycles. The van der Waals surface area contributed by atoms with Gasteiger partial charge in [-0.25, -0.2) is 4.79 Å². The molecule has 3 rings (SSSR count). The number of anilines is 1. The summed E-state index contributed by atoms with van der Waals surface area (Å²) in [6, 6.07) is 4.38. The molecule has 1 unspecified atom stereocenters. The number of imide groups is 1. The van der Waals surface area contributed by atoms with E-state index in [1.165, 1.54) is 67.6 Å². The summed E-state index contributed by atoms with van der Waals surface area (Å²) < 4.78 is 0. The fourth-order valence-corrected chi connectivity index (χ4v) is 5.25. The highest BCUT2D eigenvalue weighted by Gasteiger charge is 2.40. The zero-order valence-corrected chi connectivity index (χ0v) is 21.6. The van der Waals surface area contributed by atoms with Gasteiger partial charge in [0.2, 0.25) is 11.8 Å². The number of carboxylic acid groups (broad SMARTS) is 1. The van der Waals surface area contributed by atoms with Crippen LogP contribution in [0, 0.1) is 0 Å². The number of fused-ring (bicyclic) bond motifs is 1. The van der Waals surface area contributed by atoms with Gasteiger partial charge in [-0.3, -0.25) is 24.6 Å². The molecule has 0 saturated carbocycles. The summed E-state index contributed by atoms with van der Waals surface area (Å²) in [4.78, 5) is 51.8. The first kappa shape index (κ1) is 27.7. The van der Waals surface area contributed by atoms with Crippen molar-refractivity contribution in [2.24, 2.45) is 0 Å². The van der Waals surface area contributed by atoms with E-state index in [1.54, 1.807) is 18.2 Å². The Bertz CT molecular complexity index is 932. The molecule has 0 aromatic heterocycles. The Kier molecular flexibility index (Phi) is 10.8. The molecule has 0 aliphatic carbocycles. The van der Waals surface area contributed by atoms with E-state index in [0.717, 1.165) is 19.3 Å². The minimum Gasteiger partial charge on any atom is -0.465 e. The molecular weight excluding hydrogens is 458 g/mol. The van der Waals surface area contributed by atoms with Crippen molar-refractivity contribution in [2.45, 2.75) is 109 Å². The van der Waals surface area contributed by atoms with E-state index < -0.39 is 18.0 Å². The van der Waals surface area contributed by atoms with Crippen molar-refractivity contribution < 1.29 is 24.3 Å². The first-order valence-corrected chi connectivity index (χ1v) is 13.7.